The van der Waals surface area contributed by atoms with Gasteiger partial charge in [-0.2, -0.15) is 0 Å². The first-order valence-corrected chi connectivity index (χ1v) is 32.3. The molecule has 0 heterocycles. The van der Waals surface area contributed by atoms with Crippen LogP contribution in [0.4, 0.5) is 0 Å². The zero-order chi connectivity index (χ0) is 57.3. The van der Waals surface area contributed by atoms with Crippen molar-refractivity contribution in [2.75, 3.05) is 0 Å². The third-order valence-electron chi connectivity index (χ3n) is 16.3. The Morgan fingerprint density at radius 3 is 0.936 bits per heavy atom. The number of carbonyl (C=O) groups excluding carboxylic acids is 2. The van der Waals surface area contributed by atoms with Crippen LogP contribution in [-0.4, -0.2) is 24.1 Å². The van der Waals surface area contributed by atoms with E-state index < -0.39 is 0 Å². The summed E-state index contributed by atoms with van der Waals surface area (Å²) in [5.41, 5.74) is 9.98. The van der Waals surface area contributed by atoms with E-state index >= 15 is 0 Å². The molecule has 440 valence electrons. The highest BCUT2D eigenvalue weighted by Crippen LogP contribution is 2.43. The molecule has 0 aromatic rings. The van der Waals surface area contributed by atoms with Crippen molar-refractivity contribution >= 4 is 11.9 Å². The monoisotopic (exact) mass is 1070 g/mol. The van der Waals surface area contributed by atoms with Gasteiger partial charge in [-0.15, -0.1) is 0 Å². The highest BCUT2D eigenvalue weighted by molar-refractivity contribution is 5.70. The van der Waals surface area contributed by atoms with Gasteiger partial charge < -0.3 is 9.47 Å². The summed E-state index contributed by atoms with van der Waals surface area (Å²) in [4.78, 5) is 25.6. The molecular weight excluding hydrogens is 953 g/mol. The van der Waals surface area contributed by atoms with E-state index in [-0.39, 0.29) is 35.0 Å². The SMILES string of the molecule is CCCCCCCCCCCCCCCCCC(=O)O[C@@H]1CC(C)=C(/C=C/C(C)=C/C=C/C(C)=C/C=C/C=C(C)/C=C/C=C(C)/C=C/C2=C(C)C[C@@H](OC(=O)CCCCCCCCCCCCCCC)CC2(C)C)C(C)(C)C1. The fraction of sp³-hybridized carbons (Fsp3) is 0.676. The van der Waals surface area contributed by atoms with Crippen LogP contribution in [0.2, 0.25) is 0 Å². The van der Waals surface area contributed by atoms with Crippen molar-refractivity contribution < 1.29 is 19.1 Å². The predicted octanol–water partition coefficient (Wildman–Crippen LogP) is 23.4. The number of allylic oxidation sites excluding steroid dienone is 20. The zero-order valence-electron chi connectivity index (χ0n) is 52.9. The molecule has 0 saturated heterocycles. The Labute approximate surface area is 482 Å². The van der Waals surface area contributed by atoms with Crippen LogP contribution in [0.5, 0.6) is 0 Å². The van der Waals surface area contributed by atoms with Crippen molar-refractivity contribution in [2.45, 2.75) is 314 Å². The molecule has 0 unspecified atom stereocenters. The maximum Gasteiger partial charge on any atom is 0.306 e. The summed E-state index contributed by atoms with van der Waals surface area (Å²) in [6, 6.07) is 0. The van der Waals surface area contributed by atoms with E-state index in [1.165, 1.54) is 199 Å². The lowest BCUT2D eigenvalue weighted by molar-refractivity contribution is -0.151. The van der Waals surface area contributed by atoms with Gasteiger partial charge in [0.15, 0.2) is 0 Å². The van der Waals surface area contributed by atoms with Crippen molar-refractivity contribution in [1.82, 2.24) is 0 Å². The second-order valence-electron chi connectivity index (χ2n) is 25.3. The van der Waals surface area contributed by atoms with Crippen LogP contribution in [-0.2, 0) is 19.1 Å². The Morgan fingerprint density at radius 1 is 0.397 bits per heavy atom. The van der Waals surface area contributed by atoms with Gasteiger partial charge in [-0.1, -0.05) is 327 Å². The van der Waals surface area contributed by atoms with Crippen LogP contribution < -0.4 is 0 Å². The largest absolute Gasteiger partial charge is 0.462 e. The highest BCUT2D eigenvalue weighted by Gasteiger charge is 2.35. The highest BCUT2D eigenvalue weighted by atomic mass is 16.5. The molecule has 0 spiro atoms. The van der Waals surface area contributed by atoms with Gasteiger partial charge in [0.05, 0.1) is 0 Å². The molecular formula is C74H120O4. The van der Waals surface area contributed by atoms with Crippen LogP contribution in [0.1, 0.15) is 301 Å². The molecule has 4 heteroatoms. The van der Waals surface area contributed by atoms with E-state index in [9.17, 15) is 9.59 Å². The smallest absolute Gasteiger partial charge is 0.306 e. The normalized spacial score (nSPS) is 18.8. The Hall–Kier alpha value is -3.92. The van der Waals surface area contributed by atoms with Crippen molar-refractivity contribution in [3.05, 3.63) is 130 Å². The summed E-state index contributed by atoms with van der Waals surface area (Å²) in [6.45, 7) is 26.7. The fourth-order valence-corrected chi connectivity index (χ4v) is 11.7. The molecule has 0 radical (unpaired) electrons. The molecule has 0 N–H and O–H groups in total. The lowest BCUT2D eigenvalue weighted by Gasteiger charge is -2.37. The second kappa shape index (κ2) is 42.9. The summed E-state index contributed by atoms with van der Waals surface area (Å²) in [5.74, 6) is -0.0487. The Balaban J connectivity index is 1.71. The lowest BCUT2D eigenvalue weighted by atomic mass is 9.71. The zero-order valence-corrected chi connectivity index (χ0v) is 52.9. The topological polar surface area (TPSA) is 52.6 Å². The standard InChI is InChI=1S/C74H120O4/c1-13-15-17-19-21-23-25-27-28-30-32-34-36-38-40-52-72(76)78-68-58-66(8)70(74(11,12)60-68)56-54-64(6)50-44-48-62(4)46-42-41-45-61(3)47-43-49-63(5)53-55-69-65(7)57-67(59-73(69,9)10)77-71(75)51-39-37-35-33-31-29-26-24-22-20-18-16-14-2/h41-50,53-56,67-68H,13-40,51-52,57-60H2,1-12H3/b42-41+,47-43+,48-44+,55-53+,56-54+,61-45+,62-46+,63-49+,64-50+/t67-,68-/m1/s1. The van der Waals surface area contributed by atoms with E-state index in [2.05, 4.69) is 168 Å². The van der Waals surface area contributed by atoms with E-state index in [1.807, 2.05) is 0 Å². The molecule has 0 amide bonds. The van der Waals surface area contributed by atoms with Gasteiger partial charge in [0, 0.05) is 25.7 Å². The van der Waals surface area contributed by atoms with Crippen LogP contribution >= 0.6 is 0 Å². The fourth-order valence-electron chi connectivity index (χ4n) is 11.7. The van der Waals surface area contributed by atoms with E-state index in [0.717, 1.165) is 51.4 Å². The number of hydrogen-bond donors (Lipinski definition) is 0. The van der Waals surface area contributed by atoms with Gasteiger partial charge in [-0.25, -0.2) is 0 Å². The van der Waals surface area contributed by atoms with Crippen LogP contribution in [0.25, 0.3) is 0 Å². The molecule has 4 nitrogen and oxygen atoms in total. The molecule has 2 aliphatic carbocycles. The number of ether oxygens (including phenoxy) is 2. The molecule has 0 saturated carbocycles. The summed E-state index contributed by atoms with van der Waals surface area (Å²) < 4.78 is 12.1. The Morgan fingerprint density at radius 2 is 0.654 bits per heavy atom. The van der Waals surface area contributed by atoms with Gasteiger partial charge >= 0.3 is 11.9 Å². The minimum atomic E-state index is -0.0581. The van der Waals surface area contributed by atoms with Gasteiger partial charge in [-0.05, 0) is 89.2 Å². The average molecular weight is 1070 g/mol. The minimum absolute atomic E-state index is 0.0237. The first-order valence-electron chi connectivity index (χ1n) is 32.3. The molecule has 78 heavy (non-hydrogen) atoms. The number of hydrogen-bond acceptors (Lipinski definition) is 4. The Kier molecular flexibility index (Phi) is 38.6. The van der Waals surface area contributed by atoms with Crippen molar-refractivity contribution in [3.63, 3.8) is 0 Å². The maximum absolute atomic E-state index is 12.8. The first kappa shape index (κ1) is 70.2. The number of unbranched alkanes of at least 4 members (excludes halogenated alkanes) is 26. The van der Waals surface area contributed by atoms with E-state index in [4.69, 9.17) is 9.47 Å². The minimum Gasteiger partial charge on any atom is -0.462 e. The maximum atomic E-state index is 12.8. The van der Waals surface area contributed by atoms with E-state index in [0.29, 0.717) is 12.8 Å². The molecule has 0 aromatic heterocycles. The molecule has 2 atom stereocenters. The van der Waals surface area contributed by atoms with Crippen LogP contribution in [0.3, 0.4) is 0 Å². The predicted molar refractivity (Wildman–Crippen MR) is 342 cm³/mol. The van der Waals surface area contributed by atoms with Gasteiger partial charge in [-0.3, -0.25) is 9.59 Å². The summed E-state index contributed by atoms with van der Waals surface area (Å²) in [7, 11) is 0. The van der Waals surface area contributed by atoms with Crippen molar-refractivity contribution in [2.24, 2.45) is 10.8 Å². The van der Waals surface area contributed by atoms with Gasteiger partial charge in [0.2, 0.25) is 0 Å². The number of rotatable bonds is 42. The molecule has 2 rings (SSSR count). The third-order valence-corrected chi connectivity index (χ3v) is 16.3. The third kappa shape index (κ3) is 34.3. The van der Waals surface area contributed by atoms with Crippen LogP contribution in [0, 0.1) is 10.8 Å². The van der Waals surface area contributed by atoms with Crippen molar-refractivity contribution in [3.8, 4) is 0 Å². The molecule has 2 aliphatic rings. The van der Waals surface area contributed by atoms with E-state index in [1.54, 1.807) is 0 Å². The summed E-state index contributed by atoms with van der Waals surface area (Å²) in [5, 5.41) is 0. The molecule has 0 fully saturated rings. The molecule has 0 aliphatic heterocycles. The second-order valence-corrected chi connectivity index (χ2v) is 25.3. The average Bonchev–Trinajstić information content (AvgIpc) is 3.37. The number of esters is 2. The van der Waals surface area contributed by atoms with Crippen LogP contribution in [0.15, 0.2) is 130 Å². The van der Waals surface area contributed by atoms with Crippen molar-refractivity contribution in [1.29, 1.82) is 0 Å². The lowest BCUT2D eigenvalue weighted by Crippen LogP contribution is -2.31. The summed E-state index contributed by atoms with van der Waals surface area (Å²) >= 11 is 0. The van der Waals surface area contributed by atoms with Gasteiger partial charge in [0.25, 0.3) is 0 Å². The first-order chi connectivity index (χ1) is 37.5. The Bertz CT molecular complexity index is 2030. The molecule has 0 bridgehead atoms. The van der Waals surface area contributed by atoms with Gasteiger partial charge in [0.1, 0.15) is 12.2 Å². The summed E-state index contributed by atoms with van der Waals surface area (Å²) in [6.07, 6.45) is 71.6. The number of carbonyl (C=O) groups is 2. The molecule has 0 aromatic carbocycles. The quantitative estimate of drug-likeness (QED) is 0.0347.